The van der Waals surface area contributed by atoms with E-state index in [0.29, 0.717) is 5.54 Å². The SMILES string of the molecule is [SiH3]C(CCC1CC2C=CC1C2)C(Cl)Cl. The molecule has 0 amide bonds. The van der Waals surface area contributed by atoms with Gasteiger partial charge in [-0.2, -0.15) is 0 Å². The summed E-state index contributed by atoms with van der Waals surface area (Å²) in [6.07, 6.45) is 10.3. The zero-order valence-corrected chi connectivity index (χ0v) is 12.1. The van der Waals surface area contributed by atoms with E-state index in [2.05, 4.69) is 12.2 Å². The van der Waals surface area contributed by atoms with Crippen molar-refractivity contribution >= 4 is 33.4 Å². The fourth-order valence-corrected chi connectivity index (χ4v) is 3.41. The van der Waals surface area contributed by atoms with E-state index in [1.54, 1.807) is 0 Å². The van der Waals surface area contributed by atoms with Crippen LogP contribution in [0.15, 0.2) is 12.2 Å². The maximum Gasteiger partial charge on any atom is 0.107 e. The predicted octanol–water partition coefficient (Wildman–Crippen LogP) is 2.94. The molecule has 0 nitrogen and oxygen atoms in total. The summed E-state index contributed by atoms with van der Waals surface area (Å²) >= 11 is 11.8. The molecule has 14 heavy (non-hydrogen) atoms. The average molecular weight is 249 g/mol. The van der Waals surface area contributed by atoms with E-state index in [1.165, 1.54) is 25.7 Å². The molecule has 2 aliphatic rings. The third-order valence-corrected chi connectivity index (χ3v) is 6.79. The Morgan fingerprint density at radius 3 is 2.57 bits per heavy atom. The Hall–Kier alpha value is 0.537. The second-order valence-electron chi connectivity index (χ2n) is 4.93. The molecule has 0 aliphatic heterocycles. The quantitative estimate of drug-likeness (QED) is 0.408. The van der Waals surface area contributed by atoms with E-state index in [0.717, 1.165) is 28.0 Å². The molecule has 80 valence electrons. The van der Waals surface area contributed by atoms with E-state index >= 15 is 0 Å². The van der Waals surface area contributed by atoms with Crippen molar-refractivity contribution in [3.05, 3.63) is 12.2 Å². The molecule has 4 atom stereocenters. The van der Waals surface area contributed by atoms with Gasteiger partial charge in [-0.1, -0.05) is 18.6 Å². The molecule has 2 aliphatic carbocycles. The lowest BCUT2D eigenvalue weighted by Gasteiger charge is -2.20. The van der Waals surface area contributed by atoms with Crippen molar-refractivity contribution in [2.75, 3.05) is 0 Å². The molecular weight excluding hydrogens is 231 g/mol. The third-order valence-electron chi connectivity index (χ3n) is 3.84. The van der Waals surface area contributed by atoms with Crippen LogP contribution < -0.4 is 0 Å². The van der Waals surface area contributed by atoms with Gasteiger partial charge in [0.15, 0.2) is 0 Å². The smallest absolute Gasteiger partial charge is 0.105 e. The number of fused-ring (bicyclic) bond motifs is 2. The van der Waals surface area contributed by atoms with Gasteiger partial charge < -0.3 is 0 Å². The first kappa shape index (κ1) is 11.0. The fraction of sp³-hybridized carbons (Fsp3) is 0.818. The van der Waals surface area contributed by atoms with Crippen molar-refractivity contribution in [3.8, 4) is 0 Å². The molecule has 2 bridgehead atoms. The van der Waals surface area contributed by atoms with E-state index < -0.39 is 0 Å². The summed E-state index contributed by atoms with van der Waals surface area (Å²) in [7, 11) is 1.13. The Morgan fingerprint density at radius 1 is 1.29 bits per heavy atom. The van der Waals surface area contributed by atoms with Gasteiger partial charge in [-0.05, 0) is 42.6 Å². The maximum atomic E-state index is 5.88. The highest BCUT2D eigenvalue weighted by atomic mass is 35.5. The normalized spacial score (nSPS) is 37.2. The van der Waals surface area contributed by atoms with Gasteiger partial charge in [-0.25, -0.2) is 0 Å². The molecule has 4 unspecified atom stereocenters. The number of allylic oxidation sites excluding steroid dienone is 2. The van der Waals surface area contributed by atoms with Crippen LogP contribution in [0.5, 0.6) is 0 Å². The van der Waals surface area contributed by atoms with E-state index in [-0.39, 0.29) is 4.84 Å². The Bertz CT molecular complexity index is 227. The van der Waals surface area contributed by atoms with Gasteiger partial charge in [-0.3, -0.25) is 0 Å². The van der Waals surface area contributed by atoms with Gasteiger partial charge in [0.1, 0.15) is 4.84 Å². The van der Waals surface area contributed by atoms with Gasteiger partial charge >= 0.3 is 0 Å². The van der Waals surface area contributed by atoms with Crippen LogP contribution in [0.1, 0.15) is 25.7 Å². The van der Waals surface area contributed by atoms with E-state index in [9.17, 15) is 0 Å². The van der Waals surface area contributed by atoms with Crippen LogP contribution in [0.3, 0.4) is 0 Å². The highest BCUT2D eigenvalue weighted by Gasteiger charge is 2.35. The summed E-state index contributed by atoms with van der Waals surface area (Å²) in [5.41, 5.74) is 0.585. The monoisotopic (exact) mass is 248 g/mol. The number of rotatable bonds is 4. The molecule has 0 aromatic heterocycles. The molecule has 0 heterocycles. The third kappa shape index (κ3) is 2.37. The van der Waals surface area contributed by atoms with Crippen LogP contribution in [-0.4, -0.2) is 15.1 Å². The molecule has 1 saturated carbocycles. The van der Waals surface area contributed by atoms with Gasteiger partial charge in [0, 0.05) is 10.2 Å². The molecule has 2 rings (SSSR count). The van der Waals surface area contributed by atoms with Crippen LogP contribution in [0, 0.1) is 17.8 Å². The summed E-state index contributed by atoms with van der Waals surface area (Å²) in [6.45, 7) is 0. The molecule has 0 spiro atoms. The Labute approximate surface area is 99.5 Å². The summed E-state index contributed by atoms with van der Waals surface area (Å²) < 4.78 is 0. The lowest BCUT2D eigenvalue weighted by atomic mass is 9.89. The van der Waals surface area contributed by atoms with Gasteiger partial charge in [-0.15, -0.1) is 23.2 Å². The number of halogens is 2. The van der Waals surface area contributed by atoms with E-state index in [1.807, 2.05) is 0 Å². The molecule has 1 fully saturated rings. The molecule has 0 saturated heterocycles. The van der Waals surface area contributed by atoms with Crippen molar-refractivity contribution < 1.29 is 0 Å². The molecular formula is C11H18Cl2Si. The molecule has 0 aromatic rings. The predicted molar refractivity (Wildman–Crippen MR) is 67.3 cm³/mol. The molecule has 0 aromatic carbocycles. The van der Waals surface area contributed by atoms with Crippen LogP contribution in [-0.2, 0) is 0 Å². The number of hydrogen-bond acceptors (Lipinski definition) is 0. The first-order valence-electron chi connectivity index (χ1n) is 5.63. The maximum absolute atomic E-state index is 5.88. The first-order valence-corrected chi connectivity index (χ1v) is 7.66. The highest BCUT2D eigenvalue weighted by Crippen LogP contribution is 2.46. The molecule has 0 radical (unpaired) electrons. The highest BCUT2D eigenvalue weighted by molar-refractivity contribution is 6.47. The molecule has 0 N–H and O–H groups in total. The van der Waals surface area contributed by atoms with Crippen molar-refractivity contribution in [2.45, 2.75) is 36.1 Å². The number of hydrogen-bond donors (Lipinski definition) is 0. The fourth-order valence-electron chi connectivity index (χ4n) is 2.83. The average Bonchev–Trinajstić information content (AvgIpc) is 2.74. The lowest BCUT2D eigenvalue weighted by Crippen LogP contribution is -2.10. The van der Waals surface area contributed by atoms with Crippen LogP contribution >= 0.6 is 23.2 Å². The van der Waals surface area contributed by atoms with Crippen molar-refractivity contribution in [3.63, 3.8) is 0 Å². The van der Waals surface area contributed by atoms with Crippen molar-refractivity contribution in [1.82, 2.24) is 0 Å². The largest absolute Gasteiger partial charge is 0.107 e. The Morgan fingerprint density at radius 2 is 2.07 bits per heavy atom. The van der Waals surface area contributed by atoms with E-state index in [4.69, 9.17) is 23.2 Å². The van der Waals surface area contributed by atoms with Crippen LogP contribution in [0.2, 0.25) is 5.54 Å². The summed E-state index contributed by atoms with van der Waals surface area (Å²) in [5.74, 6) is 2.73. The van der Waals surface area contributed by atoms with Gasteiger partial charge in [0.05, 0.1) is 0 Å². The zero-order chi connectivity index (χ0) is 10.1. The second kappa shape index (κ2) is 4.59. The lowest BCUT2D eigenvalue weighted by molar-refractivity contribution is 0.401. The Kier molecular flexibility index (Phi) is 3.62. The van der Waals surface area contributed by atoms with Crippen molar-refractivity contribution in [2.24, 2.45) is 17.8 Å². The van der Waals surface area contributed by atoms with Crippen LogP contribution in [0.4, 0.5) is 0 Å². The minimum absolute atomic E-state index is 0.129. The summed E-state index contributed by atoms with van der Waals surface area (Å²) in [6, 6.07) is 0. The van der Waals surface area contributed by atoms with Gasteiger partial charge in [0.2, 0.25) is 0 Å². The Balaban J connectivity index is 1.74. The number of alkyl halides is 2. The summed E-state index contributed by atoms with van der Waals surface area (Å²) in [5, 5.41) is 0. The minimum Gasteiger partial charge on any atom is -0.105 e. The van der Waals surface area contributed by atoms with Gasteiger partial charge in [0.25, 0.3) is 0 Å². The first-order chi connectivity index (χ1) is 6.66. The van der Waals surface area contributed by atoms with Crippen LogP contribution in [0.25, 0.3) is 0 Å². The topological polar surface area (TPSA) is 0 Å². The second-order valence-corrected chi connectivity index (χ2v) is 7.58. The zero-order valence-electron chi connectivity index (χ0n) is 8.63. The minimum atomic E-state index is -0.129. The standard InChI is InChI=1S/C11H18Cl2Si/c12-11(13)10(14)4-3-9-6-7-1-2-8(9)5-7/h1-2,7-11H,3-6H2,14H3. The molecule has 3 heteroatoms. The summed E-state index contributed by atoms with van der Waals surface area (Å²) in [4.78, 5) is -0.129. The van der Waals surface area contributed by atoms with Crippen molar-refractivity contribution in [1.29, 1.82) is 0 Å².